The van der Waals surface area contributed by atoms with E-state index in [0.29, 0.717) is 17.2 Å². The van der Waals surface area contributed by atoms with Gasteiger partial charge in [0.15, 0.2) is 0 Å². The van der Waals surface area contributed by atoms with Crippen LogP contribution in [0.25, 0.3) is 0 Å². The highest BCUT2D eigenvalue weighted by Gasteiger charge is 2.20. The number of rotatable bonds is 10. The number of carbonyl (C=O) groups is 1. The monoisotopic (exact) mass is 494 g/mol. The molecule has 1 amide bonds. The third-order valence-electron chi connectivity index (χ3n) is 5.76. The molecule has 0 fully saturated rings. The largest absolute Gasteiger partial charge is 0.497 e. The van der Waals surface area contributed by atoms with Crippen LogP contribution >= 0.6 is 0 Å². The van der Waals surface area contributed by atoms with Gasteiger partial charge < -0.3 is 10.1 Å². The van der Waals surface area contributed by atoms with Crippen LogP contribution in [0.2, 0.25) is 0 Å². The van der Waals surface area contributed by atoms with Gasteiger partial charge in [0, 0.05) is 5.56 Å². The normalized spacial score (nSPS) is 12.3. The van der Waals surface area contributed by atoms with E-state index in [4.69, 9.17) is 4.74 Å². The van der Waals surface area contributed by atoms with Crippen molar-refractivity contribution in [2.24, 2.45) is 5.92 Å². The fraction of sp³-hybridized carbons (Fsp3) is 0.321. The summed E-state index contributed by atoms with van der Waals surface area (Å²) < 4.78 is 31.5. The molecule has 6 nitrogen and oxygen atoms in total. The second kappa shape index (κ2) is 11.4. The summed E-state index contributed by atoms with van der Waals surface area (Å²) in [4.78, 5) is 13.0. The Bertz CT molecular complexity index is 1240. The second-order valence-corrected chi connectivity index (χ2v) is 11.1. The van der Waals surface area contributed by atoms with Gasteiger partial charge in [-0.05, 0) is 72.4 Å². The Morgan fingerprint density at radius 2 is 1.66 bits per heavy atom. The highest BCUT2D eigenvalue weighted by Crippen LogP contribution is 2.25. The van der Waals surface area contributed by atoms with Crippen LogP contribution in [0.4, 0.5) is 5.69 Å². The maximum atomic E-state index is 13.0. The summed E-state index contributed by atoms with van der Waals surface area (Å²) in [6, 6.07) is 22.1. The van der Waals surface area contributed by atoms with E-state index in [2.05, 4.69) is 19.2 Å². The number of nitrogens with one attached hydrogen (secondary N) is 1. The van der Waals surface area contributed by atoms with Crippen LogP contribution in [0.15, 0.2) is 72.8 Å². The molecule has 0 aromatic heterocycles. The first-order valence-electron chi connectivity index (χ1n) is 11.6. The van der Waals surface area contributed by atoms with E-state index in [9.17, 15) is 13.2 Å². The minimum Gasteiger partial charge on any atom is -0.497 e. The van der Waals surface area contributed by atoms with Crippen LogP contribution < -0.4 is 14.4 Å². The Kier molecular flexibility index (Phi) is 8.57. The average molecular weight is 495 g/mol. The highest BCUT2D eigenvalue weighted by molar-refractivity contribution is 7.92. The maximum Gasteiger partial charge on any atom is 0.251 e. The van der Waals surface area contributed by atoms with Crippen LogP contribution in [0.1, 0.15) is 53.4 Å². The van der Waals surface area contributed by atoms with E-state index in [1.165, 1.54) is 10.6 Å². The number of sulfonamides is 1. The van der Waals surface area contributed by atoms with Crippen LogP contribution in [0.3, 0.4) is 0 Å². The van der Waals surface area contributed by atoms with E-state index in [0.717, 1.165) is 28.9 Å². The molecule has 0 unspecified atom stereocenters. The van der Waals surface area contributed by atoms with Crippen molar-refractivity contribution in [2.75, 3.05) is 17.7 Å². The maximum absolute atomic E-state index is 13.0. The summed E-state index contributed by atoms with van der Waals surface area (Å²) in [5, 5.41) is 3.15. The van der Waals surface area contributed by atoms with Crippen LogP contribution in [-0.2, 0) is 16.6 Å². The fourth-order valence-corrected chi connectivity index (χ4v) is 4.82. The molecule has 1 N–H and O–H groups in total. The molecule has 3 rings (SSSR count). The molecule has 0 aliphatic heterocycles. The van der Waals surface area contributed by atoms with Crippen LogP contribution in [-0.4, -0.2) is 27.7 Å². The predicted octanol–water partition coefficient (Wildman–Crippen LogP) is 5.49. The highest BCUT2D eigenvalue weighted by atomic mass is 32.2. The second-order valence-electron chi connectivity index (χ2n) is 9.23. The average Bonchev–Trinajstić information content (AvgIpc) is 2.81. The van der Waals surface area contributed by atoms with Crippen molar-refractivity contribution in [3.63, 3.8) is 0 Å². The lowest BCUT2D eigenvalue weighted by Gasteiger charge is -2.23. The Morgan fingerprint density at radius 1 is 1.00 bits per heavy atom. The summed E-state index contributed by atoms with van der Waals surface area (Å²) >= 11 is 0. The minimum absolute atomic E-state index is 0.130. The molecular formula is C28H34N2O4S. The van der Waals surface area contributed by atoms with Gasteiger partial charge in [0.25, 0.3) is 5.91 Å². The fourth-order valence-electron chi connectivity index (χ4n) is 3.94. The number of hydrogen-bond donors (Lipinski definition) is 1. The lowest BCUT2D eigenvalue weighted by Crippen LogP contribution is -2.30. The molecule has 35 heavy (non-hydrogen) atoms. The molecule has 186 valence electrons. The summed E-state index contributed by atoms with van der Waals surface area (Å²) in [5.41, 5.74) is 3.94. The number of amides is 1. The van der Waals surface area contributed by atoms with E-state index in [1.54, 1.807) is 37.4 Å². The standard InChI is InChI=1S/C28H34N2O4S/c1-20(2)17-27(23-13-15-26(34-4)16-14-23)29-28(31)24-11-9-22(10-12-24)19-30(35(5,32)33)25-8-6-7-21(3)18-25/h6-16,18,20,27H,17,19H2,1-5H3,(H,29,31)/t27-/m0/s1. The molecule has 0 radical (unpaired) electrons. The van der Waals surface area contributed by atoms with Crippen molar-refractivity contribution < 1.29 is 17.9 Å². The van der Waals surface area contributed by atoms with Crippen LogP contribution in [0, 0.1) is 12.8 Å². The van der Waals surface area contributed by atoms with Gasteiger partial charge in [-0.25, -0.2) is 8.42 Å². The number of aryl methyl sites for hydroxylation is 1. The van der Waals surface area contributed by atoms with Crippen molar-refractivity contribution >= 4 is 21.6 Å². The van der Waals surface area contributed by atoms with E-state index >= 15 is 0 Å². The Hall–Kier alpha value is -3.32. The van der Waals surface area contributed by atoms with Gasteiger partial charge in [-0.15, -0.1) is 0 Å². The lowest BCUT2D eigenvalue weighted by atomic mass is 9.96. The number of benzene rings is 3. The molecule has 3 aromatic rings. The molecule has 3 aromatic carbocycles. The summed E-state index contributed by atoms with van der Waals surface area (Å²) in [7, 11) is -1.85. The van der Waals surface area contributed by atoms with Crippen molar-refractivity contribution in [1.29, 1.82) is 0 Å². The van der Waals surface area contributed by atoms with Gasteiger partial charge in [-0.1, -0.05) is 50.2 Å². The summed E-state index contributed by atoms with van der Waals surface area (Å²) in [6.07, 6.45) is 2.00. The lowest BCUT2D eigenvalue weighted by molar-refractivity contribution is 0.0932. The third kappa shape index (κ3) is 7.33. The zero-order chi connectivity index (χ0) is 25.6. The topological polar surface area (TPSA) is 75.7 Å². The molecule has 0 heterocycles. The number of hydrogen-bond acceptors (Lipinski definition) is 4. The first kappa shape index (κ1) is 26.3. The van der Waals surface area contributed by atoms with Crippen molar-refractivity contribution in [3.8, 4) is 5.75 Å². The Morgan fingerprint density at radius 3 is 2.20 bits per heavy atom. The molecule has 0 saturated heterocycles. The van der Waals surface area contributed by atoms with Crippen LogP contribution in [0.5, 0.6) is 5.75 Å². The van der Waals surface area contributed by atoms with Gasteiger partial charge in [-0.2, -0.15) is 0 Å². The van der Waals surface area contributed by atoms with Crippen molar-refractivity contribution in [1.82, 2.24) is 5.32 Å². The van der Waals surface area contributed by atoms with E-state index < -0.39 is 10.0 Å². The van der Waals surface area contributed by atoms with Gasteiger partial charge in [-0.3, -0.25) is 9.10 Å². The Balaban J connectivity index is 1.76. The smallest absolute Gasteiger partial charge is 0.251 e. The minimum atomic E-state index is -3.48. The number of carbonyl (C=O) groups excluding carboxylic acids is 1. The first-order valence-corrected chi connectivity index (χ1v) is 13.5. The molecule has 0 saturated carbocycles. The zero-order valence-electron chi connectivity index (χ0n) is 21.0. The van der Waals surface area contributed by atoms with Gasteiger partial charge in [0.05, 0.1) is 31.6 Å². The van der Waals surface area contributed by atoms with Gasteiger partial charge in [0.1, 0.15) is 5.75 Å². The van der Waals surface area contributed by atoms with E-state index in [1.807, 2.05) is 49.4 Å². The molecule has 1 atom stereocenters. The molecule has 7 heteroatoms. The van der Waals surface area contributed by atoms with Crippen molar-refractivity contribution in [2.45, 2.75) is 39.8 Å². The predicted molar refractivity (Wildman–Crippen MR) is 141 cm³/mol. The first-order chi connectivity index (χ1) is 16.6. The molecule has 0 aliphatic rings. The Labute approximate surface area is 209 Å². The SMILES string of the molecule is COc1ccc([C@H](CC(C)C)NC(=O)c2ccc(CN(c3cccc(C)c3)S(C)(=O)=O)cc2)cc1. The van der Waals surface area contributed by atoms with Crippen molar-refractivity contribution in [3.05, 3.63) is 95.1 Å². The van der Waals surface area contributed by atoms with Gasteiger partial charge >= 0.3 is 0 Å². The summed E-state index contributed by atoms with van der Waals surface area (Å²) in [6.45, 7) is 6.36. The third-order valence-corrected chi connectivity index (χ3v) is 6.90. The van der Waals surface area contributed by atoms with Gasteiger partial charge in [0.2, 0.25) is 10.0 Å². The number of nitrogens with zero attached hydrogens (tertiary/aromatic N) is 1. The van der Waals surface area contributed by atoms with E-state index in [-0.39, 0.29) is 18.5 Å². The number of methoxy groups -OCH3 is 1. The number of anilines is 1. The zero-order valence-corrected chi connectivity index (χ0v) is 21.8. The molecule has 0 aliphatic carbocycles. The summed E-state index contributed by atoms with van der Waals surface area (Å²) in [5.74, 6) is 0.998. The molecule has 0 spiro atoms. The quantitative estimate of drug-likeness (QED) is 0.405. The molecule has 0 bridgehead atoms. The molecular weight excluding hydrogens is 460 g/mol. The number of ether oxygens (including phenoxy) is 1.